The predicted octanol–water partition coefficient (Wildman–Crippen LogP) is 1.15. The van der Waals surface area contributed by atoms with E-state index in [9.17, 15) is 18.0 Å². The Morgan fingerprint density at radius 1 is 1.07 bits per heavy atom. The fraction of sp³-hybridized carbons (Fsp3) is 0.667. The maximum absolute atomic E-state index is 12.9. The third kappa shape index (κ3) is 4.23. The molecule has 0 aliphatic carbocycles. The number of rotatable bonds is 7. The molecule has 10 heteroatoms. The third-order valence-electron chi connectivity index (χ3n) is 5.01. The molecular formula is C18H30N4O5S. The molecule has 0 spiro atoms. The summed E-state index contributed by atoms with van der Waals surface area (Å²) in [6.45, 7) is 10.9. The van der Waals surface area contributed by atoms with Crippen LogP contribution in [0.1, 0.15) is 52.9 Å². The van der Waals surface area contributed by atoms with Gasteiger partial charge < -0.3 is 14.6 Å². The van der Waals surface area contributed by atoms with Crippen molar-refractivity contribution >= 4 is 22.1 Å². The van der Waals surface area contributed by atoms with Crippen molar-refractivity contribution in [2.24, 2.45) is 0 Å². The summed E-state index contributed by atoms with van der Waals surface area (Å²) in [5.41, 5.74) is 1.87. The molecule has 2 heterocycles. The van der Waals surface area contributed by atoms with Crippen LogP contribution in [0, 0.1) is 13.8 Å². The van der Waals surface area contributed by atoms with Crippen LogP contribution >= 0.6 is 0 Å². The van der Waals surface area contributed by atoms with Gasteiger partial charge in [-0.3, -0.25) is 4.79 Å². The summed E-state index contributed by atoms with van der Waals surface area (Å²) in [6, 6.07) is 0. The van der Waals surface area contributed by atoms with Crippen LogP contribution in [0.3, 0.4) is 0 Å². The predicted molar refractivity (Wildman–Crippen MR) is 106 cm³/mol. The highest BCUT2D eigenvalue weighted by Gasteiger charge is 2.33. The summed E-state index contributed by atoms with van der Waals surface area (Å²) in [4.78, 5) is 29.7. The Morgan fingerprint density at radius 3 is 2.14 bits per heavy atom. The van der Waals surface area contributed by atoms with Gasteiger partial charge in [-0.1, -0.05) is 13.8 Å². The number of nitrogens with zero attached hydrogens (tertiary/aromatic N) is 3. The number of piperazine rings is 1. The Bertz CT molecular complexity index is 821. The molecule has 0 aromatic carbocycles. The first-order valence-electron chi connectivity index (χ1n) is 9.59. The number of ether oxygens (including phenoxy) is 1. The number of hydrogen-bond acceptors (Lipinski definition) is 5. The largest absolute Gasteiger partial charge is 0.462 e. The van der Waals surface area contributed by atoms with Gasteiger partial charge in [0, 0.05) is 45.0 Å². The molecule has 1 amide bonds. The van der Waals surface area contributed by atoms with Crippen LogP contribution in [-0.2, 0) is 14.9 Å². The van der Waals surface area contributed by atoms with Gasteiger partial charge in [0.1, 0.15) is 5.69 Å². The highest BCUT2D eigenvalue weighted by Crippen LogP contribution is 2.21. The average Bonchev–Trinajstić information content (AvgIpc) is 2.96. The van der Waals surface area contributed by atoms with Crippen molar-refractivity contribution in [3.8, 4) is 0 Å². The van der Waals surface area contributed by atoms with Crippen LogP contribution in [-0.4, -0.2) is 84.7 Å². The first-order chi connectivity index (χ1) is 13.2. The quantitative estimate of drug-likeness (QED) is 0.674. The Labute approximate surface area is 166 Å². The topological polar surface area (TPSA) is 103 Å². The number of aromatic nitrogens is 1. The van der Waals surface area contributed by atoms with Crippen LogP contribution in [0.15, 0.2) is 0 Å². The maximum atomic E-state index is 12.9. The molecule has 2 rings (SSSR count). The van der Waals surface area contributed by atoms with Gasteiger partial charge in [0.05, 0.1) is 12.2 Å². The van der Waals surface area contributed by atoms with E-state index in [0.717, 1.165) is 0 Å². The number of aromatic amines is 1. The minimum Gasteiger partial charge on any atom is -0.462 e. The van der Waals surface area contributed by atoms with E-state index in [-0.39, 0.29) is 25.6 Å². The molecule has 1 aliphatic rings. The SMILES string of the molecule is CCOC(=O)c1c(C)[nH]c(C(=O)N2CCN(S(=O)(=O)N(CC)CC)CC2)c1C. The van der Waals surface area contributed by atoms with Crippen molar-refractivity contribution in [2.45, 2.75) is 34.6 Å². The normalized spacial score (nSPS) is 15.9. The van der Waals surface area contributed by atoms with Crippen LogP contribution in [0.2, 0.25) is 0 Å². The van der Waals surface area contributed by atoms with Gasteiger partial charge in [-0.05, 0) is 26.3 Å². The lowest BCUT2D eigenvalue weighted by molar-refractivity contribution is 0.0525. The van der Waals surface area contributed by atoms with E-state index in [4.69, 9.17) is 4.74 Å². The van der Waals surface area contributed by atoms with Gasteiger partial charge >= 0.3 is 5.97 Å². The van der Waals surface area contributed by atoms with Crippen molar-refractivity contribution in [1.29, 1.82) is 0 Å². The lowest BCUT2D eigenvalue weighted by Crippen LogP contribution is -2.54. The number of aryl methyl sites for hydroxylation is 1. The Kier molecular flexibility index (Phi) is 7.24. The van der Waals surface area contributed by atoms with Crippen molar-refractivity contribution in [3.05, 3.63) is 22.5 Å². The Balaban J connectivity index is 2.13. The molecule has 0 unspecified atom stereocenters. The first kappa shape index (κ1) is 22.4. The van der Waals surface area contributed by atoms with Crippen molar-refractivity contribution in [3.63, 3.8) is 0 Å². The van der Waals surface area contributed by atoms with Crippen LogP contribution in [0.25, 0.3) is 0 Å². The molecule has 28 heavy (non-hydrogen) atoms. The van der Waals surface area contributed by atoms with Crippen LogP contribution < -0.4 is 0 Å². The van der Waals surface area contributed by atoms with E-state index in [1.165, 1.54) is 8.61 Å². The smallest absolute Gasteiger partial charge is 0.340 e. The lowest BCUT2D eigenvalue weighted by atomic mass is 10.1. The van der Waals surface area contributed by atoms with Crippen molar-refractivity contribution < 1.29 is 22.7 Å². The number of hydrogen-bond donors (Lipinski definition) is 1. The minimum absolute atomic E-state index is 0.240. The maximum Gasteiger partial charge on any atom is 0.340 e. The summed E-state index contributed by atoms with van der Waals surface area (Å²) in [5, 5.41) is 0. The second-order valence-corrected chi connectivity index (χ2v) is 8.56. The zero-order valence-corrected chi connectivity index (χ0v) is 18.1. The monoisotopic (exact) mass is 414 g/mol. The molecule has 1 N–H and O–H groups in total. The number of esters is 1. The van der Waals surface area contributed by atoms with E-state index in [2.05, 4.69) is 4.98 Å². The van der Waals surface area contributed by atoms with E-state index >= 15 is 0 Å². The number of nitrogens with one attached hydrogen (secondary N) is 1. The molecule has 9 nitrogen and oxygen atoms in total. The molecule has 1 aromatic heterocycles. The molecule has 1 saturated heterocycles. The van der Waals surface area contributed by atoms with Gasteiger partial charge in [0.25, 0.3) is 16.1 Å². The summed E-state index contributed by atoms with van der Waals surface area (Å²) in [5.74, 6) is -0.695. The molecule has 158 valence electrons. The fourth-order valence-electron chi connectivity index (χ4n) is 3.47. The molecule has 1 aliphatic heterocycles. The summed E-state index contributed by atoms with van der Waals surface area (Å²) in [6.07, 6.45) is 0. The second-order valence-electron chi connectivity index (χ2n) is 6.63. The Morgan fingerprint density at radius 2 is 1.64 bits per heavy atom. The molecule has 0 radical (unpaired) electrons. The molecule has 1 fully saturated rings. The van der Waals surface area contributed by atoms with E-state index in [1.54, 1.807) is 39.5 Å². The van der Waals surface area contributed by atoms with Crippen LogP contribution in [0.4, 0.5) is 0 Å². The second kappa shape index (κ2) is 9.06. The van der Waals surface area contributed by atoms with E-state index < -0.39 is 16.2 Å². The zero-order chi connectivity index (χ0) is 21.1. The molecular weight excluding hydrogens is 384 g/mol. The summed E-state index contributed by atoms with van der Waals surface area (Å²) < 4.78 is 33.1. The van der Waals surface area contributed by atoms with Gasteiger partial charge in [0.2, 0.25) is 0 Å². The number of H-pyrrole nitrogens is 1. The third-order valence-corrected chi connectivity index (χ3v) is 7.20. The highest BCUT2D eigenvalue weighted by atomic mass is 32.2. The standard InChI is InChI=1S/C18H30N4O5S/c1-6-21(7-2)28(25,26)22-11-9-20(10-12-22)17(23)16-13(4)15(14(5)19-16)18(24)27-8-3/h19H,6-12H2,1-5H3. The van der Waals surface area contributed by atoms with Gasteiger partial charge in [-0.25, -0.2) is 4.79 Å². The van der Waals surface area contributed by atoms with Gasteiger partial charge in [0.15, 0.2) is 0 Å². The molecule has 0 atom stereocenters. The summed E-state index contributed by atoms with van der Waals surface area (Å²) >= 11 is 0. The lowest BCUT2D eigenvalue weighted by Gasteiger charge is -2.36. The number of amides is 1. The van der Waals surface area contributed by atoms with Gasteiger partial charge in [-0.2, -0.15) is 17.0 Å². The molecule has 0 saturated carbocycles. The first-order valence-corrected chi connectivity index (χ1v) is 11.0. The Hall–Kier alpha value is -1.91. The number of carbonyl (C=O) groups is 2. The van der Waals surface area contributed by atoms with Crippen LogP contribution in [0.5, 0.6) is 0 Å². The van der Waals surface area contributed by atoms with Crippen molar-refractivity contribution in [2.75, 3.05) is 45.9 Å². The molecule has 1 aromatic rings. The summed E-state index contributed by atoms with van der Waals surface area (Å²) in [7, 11) is -3.51. The molecule has 0 bridgehead atoms. The fourth-order valence-corrected chi connectivity index (χ4v) is 5.07. The number of carbonyl (C=O) groups excluding carboxylic acids is 2. The van der Waals surface area contributed by atoms with Crippen molar-refractivity contribution in [1.82, 2.24) is 18.5 Å². The van der Waals surface area contributed by atoms with Gasteiger partial charge in [-0.15, -0.1) is 0 Å². The average molecular weight is 415 g/mol. The highest BCUT2D eigenvalue weighted by molar-refractivity contribution is 7.86. The van der Waals surface area contributed by atoms with E-state index in [0.29, 0.717) is 48.7 Å². The van der Waals surface area contributed by atoms with E-state index in [1.807, 2.05) is 0 Å². The zero-order valence-electron chi connectivity index (χ0n) is 17.2. The minimum atomic E-state index is -3.51.